The molecule has 6 N–H and O–H groups in total. The molecule has 2 aromatic rings. The van der Waals surface area contributed by atoms with E-state index in [9.17, 15) is 24.9 Å². The topological polar surface area (TPSA) is 136 Å². The van der Waals surface area contributed by atoms with E-state index in [0.717, 1.165) is 40.0 Å². The molecule has 1 saturated heterocycles. The van der Waals surface area contributed by atoms with E-state index in [4.69, 9.17) is 0 Å². The van der Waals surface area contributed by atoms with Crippen LogP contribution in [0.2, 0.25) is 0 Å². The number of carbonyl (C=O) groups excluding carboxylic acids is 2. The minimum Gasteiger partial charge on any atom is -0.507 e. The summed E-state index contributed by atoms with van der Waals surface area (Å²) in [5.41, 5.74) is 4.70. The molecule has 45 heavy (non-hydrogen) atoms. The van der Waals surface area contributed by atoms with Crippen molar-refractivity contribution in [1.82, 2.24) is 15.3 Å². The monoisotopic (exact) mass is 640 g/mol. The molecule has 2 fully saturated rings. The Morgan fingerprint density at radius 2 is 1.40 bits per heavy atom. The number of thioether (sulfide) groups is 1. The molecule has 2 heterocycles. The number of nitrogens with zero attached hydrogens (tertiary/aromatic N) is 1. The van der Waals surface area contributed by atoms with Crippen molar-refractivity contribution in [1.29, 1.82) is 0 Å². The highest BCUT2D eigenvalue weighted by atomic mass is 32.2. The number of nitrogens with one attached hydrogen (secondary N) is 3. The van der Waals surface area contributed by atoms with Gasteiger partial charge in [-0.2, -0.15) is 4.68 Å². The largest absolute Gasteiger partial charge is 0.507 e. The lowest BCUT2D eigenvalue weighted by molar-refractivity contribution is -0.137. The first-order valence-electron chi connectivity index (χ1n) is 16.2. The van der Waals surface area contributed by atoms with Crippen LogP contribution < -0.4 is 16.1 Å². The van der Waals surface area contributed by atoms with Crippen LogP contribution in [0, 0.1) is 0 Å². The highest BCUT2D eigenvalue weighted by molar-refractivity contribution is 8.00. The number of carbonyl (C=O) groups is 2. The summed E-state index contributed by atoms with van der Waals surface area (Å²) < 4.78 is 0.983. The quantitative estimate of drug-likeness (QED) is 0.218. The van der Waals surface area contributed by atoms with Crippen molar-refractivity contribution in [2.75, 3.05) is 5.43 Å². The van der Waals surface area contributed by atoms with Crippen molar-refractivity contribution in [2.24, 2.45) is 0 Å². The van der Waals surface area contributed by atoms with E-state index in [0.29, 0.717) is 29.7 Å². The Labute approximate surface area is 271 Å². The van der Waals surface area contributed by atoms with Crippen LogP contribution in [0.3, 0.4) is 0 Å². The Morgan fingerprint density at radius 3 is 1.93 bits per heavy atom. The molecule has 4 aliphatic rings. The second-order valence-corrected chi connectivity index (χ2v) is 18.2. The maximum atomic E-state index is 13.1. The van der Waals surface area contributed by atoms with Gasteiger partial charge in [-0.3, -0.25) is 9.59 Å². The standard InChI is InChI=1S/C35H52N4O5S/c1-32(2,3)22-14-20(15-23(27(22)40)33(4,5)6)45-24-13-18-11-12-21(24)26-25(18)30(43)39(31(26)44)37-29(42)28(41)36-19-16-34(7,8)38-35(9,10)17-19/h14-15,18-19,21,24,38,40,43-44H,11-13,16-17H2,1-10H3,(H,36,41)(H,37,42). The van der Waals surface area contributed by atoms with Gasteiger partial charge in [-0.1, -0.05) is 41.5 Å². The zero-order chi connectivity index (χ0) is 33.4. The van der Waals surface area contributed by atoms with Gasteiger partial charge in [0.15, 0.2) is 0 Å². The van der Waals surface area contributed by atoms with E-state index in [2.05, 4.69) is 97.4 Å². The number of benzene rings is 1. The van der Waals surface area contributed by atoms with E-state index >= 15 is 0 Å². The summed E-state index contributed by atoms with van der Waals surface area (Å²) >= 11 is 1.75. The zero-order valence-corrected chi connectivity index (χ0v) is 29.3. The Balaban J connectivity index is 1.38. The van der Waals surface area contributed by atoms with Crippen molar-refractivity contribution in [3.63, 3.8) is 0 Å². The molecular formula is C35H52N4O5S. The number of aromatic nitrogens is 1. The molecule has 1 aliphatic heterocycles. The van der Waals surface area contributed by atoms with Crippen LogP contribution in [0.15, 0.2) is 17.0 Å². The van der Waals surface area contributed by atoms with Gasteiger partial charge < -0.3 is 26.0 Å². The van der Waals surface area contributed by atoms with Gasteiger partial charge in [0.1, 0.15) is 5.75 Å². The summed E-state index contributed by atoms with van der Waals surface area (Å²) in [6.45, 7) is 20.9. The Hall–Kier alpha value is -2.85. The van der Waals surface area contributed by atoms with Crippen LogP contribution >= 0.6 is 11.8 Å². The molecule has 9 nitrogen and oxygen atoms in total. The van der Waals surface area contributed by atoms with E-state index < -0.39 is 11.8 Å². The van der Waals surface area contributed by atoms with Crippen molar-refractivity contribution in [2.45, 2.75) is 151 Å². The molecule has 248 valence electrons. The normalized spacial score (nSPS) is 24.3. The molecule has 2 amide bonds. The number of piperidine rings is 1. The number of fused-ring (bicyclic) bond motifs is 2. The van der Waals surface area contributed by atoms with Gasteiger partial charge in [-0.05, 0) is 88.7 Å². The minimum atomic E-state index is -0.936. The van der Waals surface area contributed by atoms with Gasteiger partial charge in [0.05, 0.1) is 0 Å². The van der Waals surface area contributed by atoms with Crippen LogP contribution in [0.25, 0.3) is 0 Å². The average molecular weight is 641 g/mol. The molecule has 1 aromatic carbocycles. The number of aromatic hydroxyl groups is 3. The van der Waals surface area contributed by atoms with Gasteiger partial charge in [0.2, 0.25) is 11.8 Å². The molecule has 0 radical (unpaired) electrons. The molecule has 3 unspecified atom stereocenters. The SMILES string of the molecule is CC1(C)CC(NC(=O)C(=O)Nn2c(O)c3c(c2O)C2CCC3CC2Sc2cc(C(C)(C)C)c(O)c(C(C)(C)C)c2)CC(C)(C)N1. The summed E-state index contributed by atoms with van der Waals surface area (Å²) in [4.78, 5) is 27.1. The van der Waals surface area contributed by atoms with Gasteiger partial charge in [0, 0.05) is 55.4 Å². The molecule has 3 atom stereocenters. The van der Waals surface area contributed by atoms with Crippen LogP contribution in [0.1, 0.15) is 135 Å². The molecule has 2 bridgehead atoms. The highest BCUT2D eigenvalue weighted by Gasteiger charge is 2.47. The fourth-order valence-corrected chi connectivity index (χ4v) is 9.62. The van der Waals surface area contributed by atoms with Crippen molar-refractivity contribution in [3.05, 3.63) is 34.4 Å². The third-order valence-corrected chi connectivity index (χ3v) is 11.0. The van der Waals surface area contributed by atoms with Gasteiger partial charge in [-0.15, -0.1) is 11.8 Å². The zero-order valence-electron chi connectivity index (χ0n) is 28.5. The first-order valence-corrected chi connectivity index (χ1v) is 17.1. The predicted molar refractivity (Wildman–Crippen MR) is 179 cm³/mol. The Bertz CT molecular complexity index is 1460. The Morgan fingerprint density at radius 1 is 0.867 bits per heavy atom. The first-order chi connectivity index (χ1) is 20.6. The number of amides is 2. The van der Waals surface area contributed by atoms with Crippen LogP contribution in [-0.2, 0) is 20.4 Å². The molecule has 0 spiro atoms. The maximum absolute atomic E-state index is 13.1. The van der Waals surface area contributed by atoms with E-state index in [1.165, 1.54) is 0 Å². The third kappa shape index (κ3) is 6.55. The number of hydrogen-bond donors (Lipinski definition) is 6. The summed E-state index contributed by atoms with van der Waals surface area (Å²) in [6.07, 6.45) is 3.87. The summed E-state index contributed by atoms with van der Waals surface area (Å²) in [7, 11) is 0. The molecule has 1 saturated carbocycles. The number of hydrogen-bond acceptors (Lipinski definition) is 7. The second kappa shape index (κ2) is 11.1. The summed E-state index contributed by atoms with van der Waals surface area (Å²) in [5, 5.41) is 40.4. The van der Waals surface area contributed by atoms with E-state index in [-0.39, 0.29) is 56.8 Å². The van der Waals surface area contributed by atoms with Crippen LogP contribution in [0.5, 0.6) is 17.5 Å². The smallest absolute Gasteiger partial charge is 0.328 e. The number of phenolic OH excluding ortho intramolecular Hbond substituents is 1. The van der Waals surface area contributed by atoms with Crippen LogP contribution in [-0.4, -0.2) is 54.2 Å². The van der Waals surface area contributed by atoms with Crippen molar-refractivity contribution < 1.29 is 24.9 Å². The summed E-state index contributed by atoms with van der Waals surface area (Å²) in [5.74, 6) is -1.84. The van der Waals surface area contributed by atoms with Gasteiger partial charge in [-0.25, -0.2) is 5.43 Å². The second-order valence-electron chi connectivity index (χ2n) is 16.9. The lowest BCUT2D eigenvalue weighted by Crippen LogP contribution is -2.62. The minimum absolute atomic E-state index is 0.0147. The Kier molecular flexibility index (Phi) is 8.30. The fourth-order valence-electron chi connectivity index (χ4n) is 8.13. The molecule has 1 aromatic heterocycles. The lowest BCUT2D eigenvalue weighted by atomic mass is 9.68. The van der Waals surface area contributed by atoms with Gasteiger partial charge in [0.25, 0.3) is 0 Å². The predicted octanol–water partition coefficient (Wildman–Crippen LogP) is 6.22. The first kappa shape index (κ1) is 33.5. The van der Waals surface area contributed by atoms with Crippen molar-refractivity contribution >= 4 is 23.6 Å². The summed E-state index contributed by atoms with van der Waals surface area (Å²) in [6, 6.07) is 3.98. The van der Waals surface area contributed by atoms with E-state index in [1.54, 1.807) is 11.8 Å². The average Bonchev–Trinajstić information content (AvgIpc) is 3.13. The third-order valence-electron chi connectivity index (χ3n) is 9.70. The number of rotatable bonds is 4. The van der Waals surface area contributed by atoms with Gasteiger partial charge >= 0.3 is 11.8 Å². The molecule has 3 aliphatic carbocycles. The maximum Gasteiger partial charge on any atom is 0.328 e. The lowest BCUT2D eigenvalue weighted by Gasteiger charge is -2.46. The fraction of sp³-hybridized carbons (Fsp3) is 0.657. The highest BCUT2D eigenvalue weighted by Crippen LogP contribution is 2.60. The van der Waals surface area contributed by atoms with Crippen LogP contribution in [0.4, 0.5) is 0 Å². The molecular weight excluding hydrogens is 588 g/mol. The molecule has 10 heteroatoms. The number of phenols is 1. The molecule has 6 rings (SSSR count). The van der Waals surface area contributed by atoms with E-state index in [1.807, 2.05) is 0 Å². The van der Waals surface area contributed by atoms with Crippen molar-refractivity contribution in [3.8, 4) is 17.5 Å².